The molecule has 1 unspecified atom stereocenters. The third-order valence-electron chi connectivity index (χ3n) is 5.59. The molecule has 0 saturated carbocycles. The molecule has 0 radical (unpaired) electrons. The van der Waals surface area contributed by atoms with Crippen LogP contribution in [0.25, 0.3) is 0 Å². The van der Waals surface area contributed by atoms with Gasteiger partial charge in [-0.15, -0.1) is 0 Å². The minimum atomic E-state index is -4.42. The molecule has 1 heterocycles. The summed E-state index contributed by atoms with van der Waals surface area (Å²) in [5.74, 6) is -3.53. The van der Waals surface area contributed by atoms with Crippen molar-refractivity contribution in [2.24, 2.45) is 0 Å². The predicted octanol–water partition coefficient (Wildman–Crippen LogP) is 2.81. The van der Waals surface area contributed by atoms with Gasteiger partial charge in [-0.3, -0.25) is 4.31 Å². The lowest BCUT2D eigenvalue weighted by Gasteiger charge is -2.25. The minimum Gasteiger partial charge on any atom is -0.480 e. The van der Waals surface area contributed by atoms with Gasteiger partial charge in [-0.1, -0.05) is 12.1 Å². The van der Waals surface area contributed by atoms with Crippen molar-refractivity contribution in [2.45, 2.75) is 17.4 Å². The Bertz CT molecular complexity index is 1500. The number of hydrogen-bond donors (Lipinski definition) is 2. The lowest BCUT2D eigenvalue weighted by Crippen LogP contribution is -2.34. The third-order valence-corrected chi connectivity index (χ3v) is 7.36. The number of aliphatic carboxylic acids is 1. The molecule has 15 heteroatoms. The molecule has 214 valence electrons. The SMILES string of the molecule is CN(C)C(=O)Oc1ccc(CC(Nc2nc(N(C)C)ncc2N(C)S(=O)(=O)c2ccc(F)c(F)c2)C(=O)O)cc1. The van der Waals surface area contributed by atoms with Crippen LogP contribution in [-0.4, -0.2) is 81.7 Å². The largest absolute Gasteiger partial charge is 0.480 e. The van der Waals surface area contributed by atoms with E-state index >= 15 is 0 Å². The third kappa shape index (κ3) is 6.91. The lowest BCUT2D eigenvalue weighted by atomic mass is 10.1. The number of amides is 1. The molecule has 0 bridgehead atoms. The standard InChI is InChI=1S/C25H28F2N6O6S/c1-31(2)24-28-14-21(33(5)40(37,38)17-10-11-18(26)19(27)13-17)22(30-24)29-20(23(34)35)12-15-6-8-16(9-7-15)39-25(36)32(3)4/h6-11,13-14,20H,12H2,1-5H3,(H,34,35)(H,28,29,30). The molecule has 0 fully saturated rings. The zero-order valence-electron chi connectivity index (χ0n) is 22.3. The number of halogens is 2. The maximum Gasteiger partial charge on any atom is 0.414 e. The summed E-state index contributed by atoms with van der Waals surface area (Å²) in [6.45, 7) is 0. The molecule has 3 rings (SSSR count). The Kier molecular flexibility index (Phi) is 9.09. The van der Waals surface area contributed by atoms with E-state index in [9.17, 15) is 31.9 Å². The van der Waals surface area contributed by atoms with E-state index in [0.29, 0.717) is 17.7 Å². The zero-order valence-corrected chi connectivity index (χ0v) is 23.1. The number of carboxylic acids is 1. The quantitative estimate of drug-likeness (QED) is 0.368. The second kappa shape index (κ2) is 12.1. The normalized spacial score (nSPS) is 11.9. The van der Waals surface area contributed by atoms with E-state index in [4.69, 9.17) is 4.74 Å². The maximum atomic E-state index is 13.8. The Hall–Kier alpha value is -4.53. The Morgan fingerprint density at radius 1 is 1.02 bits per heavy atom. The molecule has 0 aliphatic rings. The molecule has 0 aliphatic carbocycles. The van der Waals surface area contributed by atoms with Gasteiger partial charge in [-0.25, -0.2) is 31.8 Å². The van der Waals surface area contributed by atoms with Gasteiger partial charge in [-0.2, -0.15) is 4.98 Å². The van der Waals surface area contributed by atoms with Crippen molar-refractivity contribution in [1.29, 1.82) is 0 Å². The first kappa shape index (κ1) is 30.0. The first-order chi connectivity index (χ1) is 18.7. The predicted molar refractivity (Wildman–Crippen MR) is 143 cm³/mol. The van der Waals surface area contributed by atoms with Crippen molar-refractivity contribution in [3.63, 3.8) is 0 Å². The average molecular weight is 579 g/mol. The molecule has 0 spiro atoms. The van der Waals surface area contributed by atoms with Gasteiger partial charge in [0.05, 0.1) is 11.1 Å². The van der Waals surface area contributed by atoms with Crippen molar-refractivity contribution >= 4 is 39.5 Å². The van der Waals surface area contributed by atoms with Crippen LogP contribution in [-0.2, 0) is 21.2 Å². The number of benzene rings is 2. The maximum absolute atomic E-state index is 13.8. The Morgan fingerprint density at radius 3 is 2.23 bits per heavy atom. The van der Waals surface area contributed by atoms with E-state index in [1.165, 1.54) is 42.2 Å². The van der Waals surface area contributed by atoms with Crippen LogP contribution in [0.2, 0.25) is 0 Å². The van der Waals surface area contributed by atoms with Crippen molar-refractivity contribution in [1.82, 2.24) is 14.9 Å². The fraction of sp³-hybridized carbons (Fsp3) is 0.280. The molecular weight excluding hydrogens is 550 g/mol. The number of rotatable bonds is 10. The lowest BCUT2D eigenvalue weighted by molar-refractivity contribution is -0.137. The first-order valence-corrected chi connectivity index (χ1v) is 13.1. The highest BCUT2D eigenvalue weighted by molar-refractivity contribution is 7.92. The molecule has 1 aromatic heterocycles. The highest BCUT2D eigenvalue weighted by atomic mass is 32.2. The van der Waals surface area contributed by atoms with Crippen LogP contribution in [0, 0.1) is 11.6 Å². The highest BCUT2D eigenvalue weighted by Gasteiger charge is 2.28. The highest BCUT2D eigenvalue weighted by Crippen LogP contribution is 2.30. The topological polar surface area (TPSA) is 145 Å². The summed E-state index contributed by atoms with van der Waals surface area (Å²) < 4.78 is 59.5. The van der Waals surface area contributed by atoms with Crippen LogP contribution in [0.1, 0.15) is 5.56 Å². The number of nitrogens with one attached hydrogen (secondary N) is 1. The second-order valence-electron chi connectivity index (χ2n) is 8.99. The van der Waals surface area contributed by atoms with Crippen LogP contribution in [0.5, 0.6) is 5.75 Å². The fourth-order valence-corrected chi connectivity index (χ4v) is 4.53. The summed E-state index contributed by atoms with van der Waals surface area (Å²) in [4.78, 5) is 34.6. The van der Waals surface area contributed by atoms with Crippen LogP contribution < -0.4 is 19.3 Å². The van der Waals surface area contributed by atoms with Crippen molar-refractivity contribution in [3.8, 4) is 5.75 Å². The molecule has 0 aliphatic heterocycles. The summed E-state index contributed by atoms with van der Waals surface area (Å²) >= 11 is 0. The number of carbonyl (C=O) groups excluding carboxylic acids is 1. The molecule has 2 N–H and O–H groups in total. The summed E-state index contributed by atoms with van der Waals surface area (Å²) in [6.07, 6.45) is 0.542. The number of carboxylic acid groups (broad SMARTS) is 1. The molecule has 12 nitrogen and oxygen atoms in total. The van der Waals surface area contributed by atoms with E-state index < -0.39 is 44.7 Å². The molecule has 0 saturated heterocycles. The molecule has 40 heavy (non-hydrogen) atoms. The monoisotopic (exact) mass is 578 g/mol. The minimum absolute atomic E-state index is 0.0579. The van der Waals surface area contributed by atoms with E-state index in [-0.39, 0.29) is 29.6 Å². The molecule has 3 aromatic rings. The van der Waals surface area contributed by atoms with Crippen LogP contribution in [0.15, 0.2) is 53.6 Å². The van der Waals surface area contributed by atoms with Crippen LogP contribution in [0.3, 0.4) is 0 Å². The van der Waals surface area contributed by atoms with Crippen LogP contribution >= 0.6 is 0 Å². The van der Waals surface area contributed by atoms with E-state index in [0.717, 1.165) is 17.4 Å². The van der Waals surface area contributed by atoms with Gasteiger partial charge < -0.3 is 25.0 Å². The number of hydrogen-bond acceptors (Lipinski definition) is 9. The average Bonchev–Trinajstić information content (AvgIpc) is 2.90. The number of carbonyl (C=O) groups is 2. The fourth-order valence-electron chi connectivity index (χ4n) is 3.33. The zero-order chi connectivity index (χ0) is 29.8. The smallest absolute Gasteiger partial charge is 0.414 e. The van der Waals surface area contributed by atoms with Crippen LogP contribution in [0.4, 0.5) is 31.0 Å². The number of ether oxygens (including phenoxy) is 1. The summed E-state index contributed by atoms with van der Waals surface area (Å²) in [5, 5.41) is 12.7. The molecule has 1 amide bonds. The van der Waals surface area contributed by atoms with Gasteiger partial charge in [0, 0.05) is 41.7 Å². The van der Waals surface area contributed by atoms with Gasteiger partial charge in [0.2, 0.25) is 5.95 Å². The van der Waals surface area contributed by atoms with Crippen molar-refractivity contribution in [3.05, 3.63) is 65.9 Å². The Balaban J connectivity index is 1.94. The van der Waals surface area contributed by atoms with E-state index in [1.54, 1.807) is 26.2 Å². The number of aromatic nitrogens is 2. The van der Waals surface area contributed by atoms with E-state index in [2.05, 4.69) is 15.3 Å². The van der Waals surface area contributed by atoms with E-state index in [1.807, 2.05) is 0 Å². The summed E-state index contributed by atoms with van der Waals surface area (Å²) in [6, 6.07) is 7.06. The van der Waals surface area contributed by atoms with Gasteiger partial charge in [0.1, 0.15) is 17.5 Å². The molecule has 2 aromatic carbocycles. The second-order valence-corrected chi connectivity index (χ2v) is 11.0. The van der Waals surface area contributed by atoms with Gasteiger partial charge in [0.25, 0.3) is 10.0 Å². The Morgan fingerprint density at radius 2 is 1.68 bits per heavy atom. The molecule has 1 atom stereocenters. The van der Waals surface area contributed by atoms with Gasteiger partial charge >= 0.3 is 12.1 Å². The Labute approximate surface area is 229 Å². The summed E-state index contributed by atoms with van der Waals surface area (Å²) in [5.41, 5.74) is 0.434. The number of nitrogens with zero attached hydrogens (tertiary/aromatic N) is 5. The van der Waals surface area contributed by atoms with Crippen molar-refractivity contribution in [2.75, 3.05) is 49.8 Å². The summed E-state index contributed by atoms with van der Waals surface area (Å²) in [7, 11) is 3.07. The molecular formula is C25H28F2N6O6S. The van der Waals surface area contributed by atoms with Gasteiger partial charge in [-0.05, 0) is 35.9 Å². The number of sulfonamides is 1. The van der Waals surface area contributed by atoms with Gasteiger partial charge in [0.15, 0.2) is 17.5 Å². The number of anilines is 3. The first-order valence-electron chi connectivity index (χ1n) is 11.7. The van der Waals surface area contributed by atoms with Crippen molar-refractivity contribution < 1.29 is 36.6 Å².